The van der Waals surface area contributed by atoms with Gasteiger partial charge in [-0.25, -0.2) is 0 Å². The van der Waals surface area contributed by atoms with E-state index in [1.165, 1.54) is 18.5 Å². The van der Waals surface area contributed by atoms with Gasteiger partial charge in [0.1, 0.15) is 0 Å². The van der Waals surface area contributed by atoms with Crippen molar-refractivity contribution in [2.45, 2.75) is 32.7 Å². The lowest BCUT2D eigenvalue weighted by molar-refractivity contribution is 0.609. The minimum Gasteiger partial charge on any atom is -0.372 e. The highest BCUT2D eigenvalue weighted by Gasteiger charge is 2.30. The summed E-state index contributed by atoms with van der Waals surface area (Å²) in [5, 5.41) is 8.89. The first-order valence-corrected chi connectivity index (χ1v) is 5.87. The third-order valence-corrected chi connectivity index (χ3v) is 3.65. The zero-order valence-electron chi connectivity index (χ0n) is 10.2. The zero-order valence-corrected chi connectivity index (χ0v) is 10.2. The first-order valence-electron chi connectivity index (χ1n) is 5.87. The minimum atomic E-state index is 0.604. The average Bonchev–Trinajstić information content (AvgIpc) is 3.11. The molecule has 1 atom stereocenters. The summed E-state index contributed by atoms with van der Waals surface area (Å²) >= 11 is 0. The van der Waals surface area contributed by atoms with Gasteiger partial charge in [-0.1, -0.05) is 0 Å². The smallest absolute Gasteiger partial charge is 0.0994 e. The van der Waals surface area contributed by atoms with E-state index >= 15 is 0 Å². The van der Waals surface area contributed by atoms with Crippen LogP contribution in [0.3, 0.4) is 0 Å². The van der Waals surface area contributed by atoms with Gasteiger partial charge in [-0.2, -0.15) is 5.26 Å². The molecule has 0 amide bonds. The molecule has 1 fully saturated rings. The lowest BCUT2D eigenvalue weighted by Gasteiger charge is -2.27. The molecule has 0 spiro atoms. The van der Waals surface area contributed by atoms with Crippen LogP contribution in [0.5, 0.6) is 0 Å². The van der Waals surface area contributed by atoms with Crippen molar-refractivity contribution in [2.75, 3.05) is 11.9 Å². The maximum absolute atomic E-state index is 8.89. The summed E-state index contributed by atoms with van der Waals surface area (Å²) in [6, 6.07) is 8.88. The van der Waals surface area contributed by atoms with Crippen LogP contribution in [0, 0.1) is 24.2 Å². The Bertz CT molecular complexity index is 427. The van der Waals surface area contributed by atoms with E-state index in [1.807, 2.05) is 19.1 Å². The predicted octanol–water partition coefficient (Wildman–Crippen LogP) is 3.10. The number of aryl methyl sites for hydroxylation is 1. The van der Waals surface area contributed by atoms with Crippen molar-refractivity contribution < 1.29 is 0 Å². The van der Waals surface area contributed by atoms with Crippen LogP contribution in [0.25, 0.3) is 0 Å². The monoisotopic (exact) mass is 214 g/mol. The first-order chi connectivity index (χ1) is 7.63. The van der Waals surface area contributed by atoms with E-state index < -0.39 is 0 Å². The number of anilines is 1. The molecule has 0 aliphatic heterocycles. The molecule has 0 heterocycles. The Morgan fingerprint density at radius 1 is 1.44 bits per heavy atom. The molecule has 1 aliphatic rings. The van der Waals surface area contributed by atoms with Crippen molar-refractivity contribution in [3.63, 3.8) is 0 Å². The van der Waals surface area contributed by atoms with Gasteiger partial charge in [0.25, 0.3) is 0 Å². The fourth-order valence-corrected chi connectivity index (χ4v) is 2.12. The Labute approximate surface area is 97.5 Å². The molecule has 1 saturated carbocycles. The number of benzene rings is 1. The van der Waals surface area contributed by atoms with Crippen LogP contribution in [0.2, 0.25) is 0 Å². The SMILES string of the molecule is Cc1cc(N(C)C(C)C2CC2)ccc1C#N. The van der Waals surface area contributed by atoms with Gasteiger partial charge in [0.2, 0.25) is 0 Å². The van der Waals surface area contributed by atoms with Crippen molar-refractivity contribution >= 4 is 5.69 Å². The Kier molecular flexibility index (Phi) is 2.87. The maximum Gasteiger partial charge on any atom is 0.0994 e. The topological polar surface area (TPSA) is 27.0 Å². The second kappa shape index (κ2) is 4.17. The molecule has 1 aromatic rings. The molecule has 0 aromatic heterocycles. The number of nitriles is 1. The van der Waals surface area contributed by atoms with E-state index in [2.05, 4.69) is 31.0 Å². The van der Waals surface area contributed by atoms with E-state index in [0.29, 0.717) is 6.04 Å². The molecule has 1 aromatic carbocycles. The molecule has 1 aliphatic carbocycles. The average molecular weight is 214 g/mol. The van der Waals surface area contributed by atoms with Crippen molar-refractivity contribution in [1.82, 2.24) is 0 Å². The largest absolute Gasteiger partial charge is 0.372 e. The third-order valence-electron chi connectivity index (χ3n) is 3.65. The number of nitrogens with zero attached hydrogens (tertiary/aromatic N) is 2. The highest BCUT2D eigenvalue weighted by atomic mass is 15.1. The van der Waals surface area contributed by atoms with Crippen LogP contribution < -0.4 is 4.90 Å². The van der Waals surface area contributed by atoms with Crippen LogP contribution in [0.15, 0.2) is 18.2 Å². The van der Waals surface area contributed by atoms with Gasteiger partial charge in [-0.05, 0) is 56.4 Å². The Morgan fingerprint density at radius 2 is 2.12 bits per heavy atom. The molecule has 0 bridgehead atoms. The van der Waals surface area contributed by atoms with Crippen LogP contribution in [0.4, 0.5) is 5.69 Å². The fourth-order valence-electron chi connectivity index (χ4n) is 2.12. The van der Waals surface area contributed by atoms with Crippen LogP contribution in [0.1, 0.15) is 30.9 Å². The Morgan fingerprint density at radius 3 is 2.62 bits per heavy atom. The second-order valence-electron chi connectivity index (χ2n) is 4.80. The fraction of sp³-hybridized carbons (Fsp3) is 0.500. The Balaban J connectivity index is 2.20. The number of hydrogen-bond donors (Lipinski definition) is 0. The molecule has 2 heteroatoms. The van der Waals surface area contributed by atoms with Crippen LogP contribution in [-0.2, 0) is 0 Å². The maximum atomic E-state index is 8.89. The van der Waals surface area contributed by atoms with E-state index in [-0.39, 0.29) is 0 Å². The van der Waals surface area contributed by atoms with Gasteiger partial charge in [-0.15, -0.1) is 0 Å². The third kappa shape index (κ3) is 2.04. The summed E-state index contributed by atoms with van der Waals surface area (Å²) in [6.45, 7) is 4.28. The summed E-state index contributed by atoms with van der Waals surface area (Å²) in [7, 11) is 2.14. The van der Waals surface area contributed by atoms with E-state index in [1.54, 1.807) is 0 Å². The molecular formula is C14H18N2. The normalized spacial score (nSPS) is 16.6. The van der Waals surface area contributed by atoms with Gasteiger partial charge < -0.3 is 4.90 Å². The molecule has 0 radical (unpaired) electrons. The second-order valence-corrected chi connectivity index (χ2v) is 4.80. The molecule has 2 rings (SSSR count). The molecule has 2 nitrogen and oxygen atoms in total. The van der Waals surface area contributed by atoms with E-state index in [0.717, 1.165) is 17.0 Å². The summed E-state index contributed by atoms with van der Waals surface area (Å²) < 4.78 is 0. The molecule has 84 valence electrons. The van der Waals surface area contributed by atoms with Gasteiger partial charge in [-0.3, -0.25) is 0 Å². The van der Waals surface area contributed by atoms with Gasteiger partial charge in [0.15, 0.2) is 0 Å². The first kappa shape index (κ1) is 11.0. The highest BCUT2D eigenvalue weighted by molar-refractivity contribution is 5.53. The van der Waals surface area contributed by atoms with Crippen molar-refractivity contribution in [3.05, 3.63) is 29.3 Å². The number of rotatable bonds is 3. The van der Waals surface area contributed by atoms with Gasteiger partial charge >= 0.3 is 0 Å². The molecule has 0 saturated heterocycles. The predicted molar refractivity (Wildman–Crippen MR) is 66.5 cm³/mol. The molecular weight excluding hydrogens is 196 g/mol. The summed E-state index contributed by atoms with van der Waals surface area (Å²) in [5.41, 5.74) is 3.06. The Hall–Kier alpha value is -1.49. The molecule has 16 heavy (non-hydrogen) atoms. The van der Waals surface area contributed by atoms with E-state index in [4.69, 9.17) is 5.26 Å². The van der Waals surface area contributed by atoms with E-state index in [9.17, 15) is 0 Å². The molecule has 0 N–H and O–H groups in total. The number of hydrogen-bond acceptors (Lipinski definition) is 2. The summed E-state index contributed by atoms with van der Waals surface area (Å²) in [4.78, 5) is 2.33. The van der Waals surface area contributed by atoms with Gasteiger partial charge in [0.05, 0.1) is 11.6 Å². The standard InChI is InChI=1S/C14H18N2/c1-10-8-14(7-6-13(10)9-15)16(3)11(2)12-4-5-12/h6-8,11-12H,4-5H2,1-3H3. The molecule has 1 unspecified atom stereocenters. The van der Waals surface area contributed by atoms with Crippen molar-refractivity contribution in [2.24, 2.45) is 5.92 Å². The lowest BCUT2D eigenvalue weighted by atomic mass is 10.1. The lowest BCUT2D eigenvalue weighted by Crippen LogP contribution is -2.30. The highest BCUT2D eigenvalue weighted by Crippen LogP contribution is 2.36. The van der Waals surface area contributed by atoms with Crippen molar-refractivity contribution in [3.8, 4) is 6.07 Å². The van der Waals surface area contributed by atoms with Gasteiger partial charge in [0, 0.05) is 18.8 Å². The van der Waals surface area contributed by atoms with Crippen LogP contribution >= 0.6 is 0 Å². The van der Waals surface area contributed by atoms with Crippen LogP contribution in [-0.4, -0.2) is 13.1 Å². The quantitative estimate of drug-likeness (QED) is 0.773. The van der Waals surface area contributed by atoms with Crippen molar-refractivity contribution in [1.29, 1.82) is 5.26 Å². The summed E-state index contributed by atoms with van der Waals surface area (Å²) in [5.74, 6) is 0.862. The minimum absolute atomic E-state index is 0.604. The summed E-state index contributed by atoms with van der Waals surface area (Å²) in [6.07, 6.45) is 2.72. The zero-order chi connectivity index (χ0) is 11.7.